The molecule has 64 valence electrons. The van der Waals surface area contributed by atoms with Crippen LogP contribution in [0.1, 0.15) is 19.3 Å². The lowest BCUT2D eigenvalue weighted by atomic mass is 10.1. The van der Waals surface area contributed by atoms with Crippen molar-refractivity contribution < 1.29 is 9.90 Å². The van der Waals surface area contributed by atoms with Crippen LogP contribution in [-0.2, 0) is 4.79 Å². The van der Waals surface area contributed by atoms with Gasteiger partial charge in [-0.15, -0.1) is 6.58 Å². The summed E-state index contributed by atoms with van der Waals surface area (Å²) in [5.74, 6) is -0.781. The summed E-state index contributed by atoms with van der Waals surface area (Å²) in [4.78, 5) is 10.4. The average molecular weight is 157 g/mol. The standard InChI is InChI=1S/C8H15NO2/c1-3-4-5-6-7(9-2)8(10)11/h3,7,9H,1,4-6H2,2H3,(H,10,11)/t7-/m1/s1. The lowest BCUT2D eigenvalue weighted by Crippen LogP contribution is -2.33. The van der Waals surface area contributed by atoms with Crippen molar-refractivity contribution in [2.75, 3.05) is 7.05 Å². The van der Waals surface area contributed by atoms with Crippen molar-refractivity contribution in [3.63, 3.8) is 0 Å². The Hall–Kier alpha value is -0.830. The topological polar surface area (TPSA) is 49.3 Å². The van der Waals surface area contributed by atoms with Gasteiger partial charge in [0.2, 0.25) is 0 Å². The number of likely N-dealkylation sites (N-methyl/N-ethyl adjacent to an activating group) is 1. The van der Waals surface area contributed by atoms with Gasteiger partial charge in [0.05, 0.1) is 0 Å². The maximum atomic E-state index is 10.4. The molecule has 0 radical (unpaired) electrons. The Morgan fingerprint density at radius 3 is 2.82 bits per heavy atom. The summed E-state index contributed by atoms with van der Waals surface area (Å²) in [5, 5.41) is 11.3. The van der Waals surface area contributed by atoms with Crippen molar-refractivity contribution in [2.45, 2.75) is 25.3 Å². The summed E-state index contributed by atoms with van der Waals surface area (Å²) >= 11 is 0. The van der Waals surface area contributed by atoms with E-state index in [0.29, 0.717) is 6.42 Å². The van der Waals surface area contributed by atoms with Gasteiger partial charge in [-0.1, -0.05) is 6.08 Å². The van der Waals surface area contributed by atoms with Gasteiger partial charge in [-0.25, -0.2) is 0 Å². The molecule has 11 heavy (non-hydrogen) atoms. The molecule has 0 bridgehead atoms. The maximum Gasteiger partial charge on any atom is 0.320 e. The Bertz CT molecular complexity index is 134. The fourth-order valence-electron chi connectivity index (χ4n) is 0.858. The molecule has 0 aromatic heterocycles. The predicted molar refractivity (Wildman–Crippen MR) is 44.5 cm³/mol. The number of nitrogens with one attached hydrogen (secondary N) is 1. The van der Waals surface area contributed by atoms with E-state index in [-0.39, 0.29) is 0 Å². The lowest BCUT2D eigenvalue weighted by Gasteiger charge is -2.08. The molecule has 2 N–H and O–H groups in total. The molecular formula is C8H15NO2. The Kier molecular flexibility index (Phi) is 5.47. The molecule has 0 spiro atoms. The molecule has 0 unspecified atom stereocenters. The van der Waals surface area contributed by atoms with Gasteiger partial charge in [0, 0.05) is 0 Å². The zero-order chi connectivity index (χ0) is 8.69. The summed E-state index contributed by atoms with van der Waals surface area (Å²) in [5.41, 5.74) is 0. The third-order valence-electron chi connectivity index (χ3n) is 1.55. The molecule has 0 saturated heterocycles. The largest absolute Gasteiger partial charge is 0.480 e. The molecular weight excluding hydrogens is 142 g/mol. The highest BCUT2D eigenvalue weighted by Gasteiger charge is 2.12. The van der Waals surface area contributed by atoms with E-state index in [1.807, 2.05) is 0 Å². The molecule has 1 atom stereocenters. The van der Waals surface area contributed by atoms with Crippen LogP contribution in [0.2, 0.25) is 0 Å². The number of aliphatic carboxylic acids is 1. The molecule has 0 rings (SSSR count). The second kappa shape index (κ2) is 5.92. The van der Waals surface area contributed by atoms with Crippen molar-refractivity contribution >= 4 is 5.97 Å². The van der Waals surface area contributed by atoms with Gasteiger partial charge in [0.15, 0.2) is 0 Å². The molecule has 0 aliphatic heterocycles. The van der Waals surface area contributed by atoms with Gasteiger partial charge in [0.25, 0.3) is 0 Å². The van der Waals surface area contributed by atoms with Crippen molar-refractivity contribution in [3.05, 3.63) is 12.7 Å². The Balaban J connectivity index is 3.52. The Morgan fingerprint density at radius 1 is 1.82 bits per heavy atom. The third-order valence-corrected chi connectivity index (χ3v) is 1.55. The SMILES string of the molecule is C=CCCC[C@@H](NC)C(=O)O. The van der Waals surface area contributed by atoms with Crippen LogP contribution in [0, 0.1) is 0 Å². The molecule has 0 saturated carbocycles. The van der Waals surface area contributed by atoms with Crippen molar-refractivity contribution in [2.24, 2.45) is 0 Å². The van der Waals surface area contributed by atoms with Crippen LogP contribution in [0.3, 0.4) is 0 Å². The summed E-state index contributed by atoms with van der Waals surface area (Å²) in [7, 11) is 1.66. The second-order valence-electron chi connectivity index (χ2n) is 2.40. The van der Waals surface area contributed by atoms with Gasteiger partial charge >= 0.3 is 5.97 Å². The molecule has 0 aromatic rings. The zero-order valence-corrected chi connectivity index (χ0v) is 6.84. The minimum Gasteiger partial charge on any atom is -0.480 e. The highest BCUT2D eigenvalue weighted by Crippen LogP contribution is 2.00. The molecule has 0 fully saturated rings. The number of allylic oxidation sites excluding steroid dienone is 1. The monoisotopic (exact) mass is 157 g/mol. The van der Waals surface area contributed by atoms with Crippen LogP contribution < -0.4 is 5.32 Å². The molecule has 3 nitrogen and oxygen atoms in total. The van der Waals surface area contributed by atoms with E-state index in [4.69, 9.17) is 5.11 Å². The number of carboxylic acid groups (broad SMARTS) is 1. The van der Waals surface area contributed by atoms with E-state index in [1.54, 1.807) is 13.1 Å². The first-order valence-electron chi connectivity index (χ1n) is 3.73. The van der Waals surface area contributed by atoms with E-state index in [9.17, 15) is 4.79 Å². The summed E-state index contributed by atoms with van der Waals surface area (Å²) < 4.78 is 0. The number of hydrogen-bond donors (Lipinski definition) is 2. The predicted octanol–water partition coefficient (Wildman–Crippen LogP) is 1.02. The Labute approximate surface area is 67.1 Å². The highest BCUT2D eigenvalue weighted by molar-refractivity contribution is 5.73. The summed E-state index contributed by atoms with van der Waals surface area (Å²) in [6, 6.07) is -0.407. The number of rotatable bonds is 6. The first kappa shape index (κ1) is 10.2. The number of unbranched alkanes of at least 4 members (excludes halogenated alkanes) is 1. The number of carbonyl (C=O) groups is 1. The van der Waals surface area contributed by atoms with E-state index in [2.05, 4.69) is 11.9 Å². The van der Waals surface area contributed by atoms with Crippen LogP contribution >= 0.6 is 0 Å². The van der Waals surface area contributed by atoms with Crippen LogP contribution in [0.5, 0.6) is 0 Å². The summed E-state index contributed by atoms with van der Waals surface area (Å²) in [6.07, 6.45) is 4.22. The van der Waals surface area contributed by atoms with E-state index in [1.165, 1.54) is 0 Å². The quantitative estimate of drug-likeness (QED) is 0.447. The minimum absolute atomic E-state index is 0.407. The molecule has 0 aromatic carbocycles. The molecule has 0 heterocycles. The average Bonchev–Trinajstić information content (AvgIpc) is 1.97. The Morgan fingerprint density at radius 2 is 2.45 bits per heavy atom. The van der Waals surface area contributed by atoms with Gasteiger partial charge in [-0.2, -0.15) is 0 Å². The van der Waals surface area contributed by atoms with Gasteiger partial charge in [0.1, 0.15) is 6.04 Å². The number of carboxylic acids is 1. The smallest absolute Gasteiger partial charge is 0.320 e. The lowest BCUT2D eigenvalue weighted by molar-refractivity contribution is -0.139. The van der Waals surface area contributed by atoms with Crippen LogP contribution in [-0.4, -0.2) is 24.2 Å². The van der Waals surface area contributed by atoms with Crippen LogP contribution in [0.4, 0.5) is 0 Å². The fourth-order valence-corrected chi connectivity index (χ4v) is 0.858. The van der Waals surface area contributed by atoms with Crippen LogP contribution in [0.25, 0.3) is 0 Å². The molecule has 3 heteroatoms. The first-order valence-corrected chi connectivity index (χ1v) is 3.73. The molecule has 0 aliphatic carbocycles. The normalized spacial score (nSPS) is 12.5. The number of hydrogen-bond acceptors (Lipinski definition) is 2. The summed E-state index contributed by atoms with van der Waals surface area (Å²) in [6.45, 7) is 3.56. The van der Waals surface area contributed by atoms with Crippen molar-refractivity contribution in [3.8, 4) is 0 Å². The van der Waals surface area contributed by atoms with E-state index >= 15 is 0 Å². The third kappa shape index (κ3) is 4.56. The van der Waals surface area contributed by atoms with Gasteiger partial charge < -0.3 is 10.4 Å². The first-order chi connectivity index (χ1) is 5.22. The van der Waals surface area contributed by atoms with Crippen LogP contribution in [0.15, 0.2) is 12.7 Å². The van der Waals surface area contributed by atoms with Crippen molar-refractivity contribution in [1.29, 1.82) is 0 Å². The zero-order valence-electron chi connectivity index (χ0n) is 6.84. The minimum atomic E-state index is -0.781. The van der Waals surface area contributed by atoms with Crippen molar-refractivity contribution in [1.82, 2.24) is 5.32 Å². The molecule has 0 aliphatic rings. The highest BCUT2D eigenvalue weighted by atomic mass is 16.4. The van der Waals surface area contributed by atoms with E-state index < -0.39 is 12.0 Å². The second-order valence-corrected chi connectivity index (χ2v) is 2.40. The fraction of sp³-hybridized carbons (Fsp3) is 0.625. The van der Waals surface area contributed by atoms with E-state index in [0.717, 1.165) is 12.8 Å². The van der Waals surface area contributed by atoms with Gasteiger partial charge in [-0.05, 0) is 26.3 Å². The van der Waals surface area contributed by atoms with Gasteiger partial charge in [-0.3, -0.25) is 4.79 Å². The maximum absolute atomic E-state index is 10.4. The molecule has 0 amide bonds.